The summed E-state index contributed by atoms with van der Waals surface area (Å²) in [6, 6.07) is 0. The predicted molar refractivity (Wildman–Crippen MR) is 72.6 cm³/mol. The van der Waals surface area contributed by atoms with Crippen LogP contribution in [0.25, 0.3) is 0 Å². The molecule has 2 heterocycles. The smallest absolute Gasteiger partial charge is 0.334 e. The summed E-state index contributed by atoms with van der Waals surface area (Å²) in [7, 11) is 0. The largest absolute Gasteiger partial charge is 0.455 e. The van der Waals surface area contributed by atoms with Gasteiger partial charge in [-0.2, -0.15) is 0 Å². The van der Waals surface area contributed by atoms with E-state index in [1.54, 1.807) is 0 Å². The molecule has 0 aromatic heterocycles. The third-order valence-electron chi connectivity index (χ3n) is 4.89. The molecule has 0 saturated carbocycles. The summed E-state index contributed by atoms with van der Waals surface area (Å²) >= 11 is 0. The number of rotatable bonds is 0. The standard InChI is InChI=1S/C16H22O3/c1-9-6-5-7-16(4)14(19-16)13-12(10(2)8-9)11(3)15(17)18-13/h6,10,12-14H,3,5,7-8H2,1-2,4H3/b9-6-/t10-,12+,13+,14+,16-/m1/s1. The zero-order valence-electron chi connectivity index (χ0n) is 11.9. The molecule has 0 N–H and O–H groups in total. The average Bonchev–Trinajstić information content (AvgIpc) is 2.89. The van der Waals surface area contributed by atoms with Crippen LogP contribution >= 0.6 is 0 Å². The molecule has 2 saturated heterocycles. The van der Waals surface area contributed by atoms with Crippen LogP contribution in [-0.4, -0.2) is 23.8 Å². The van der Waals surface area contributed by atoms with Crippen LogP contribution in [0.15, 0.2) is 23.8 Å². The molecule has 3 aliphatic rings. The first-order chi connectivity index (χ1) is 8.92. The fourth-order valence-corrected chi connectivity index (χ4v) is 3.72. The molecule has 3 heteroatoms. The van der Waals surface area contributed by atoms with Gasteiger partial charge in [-0.15, -0.1) is 0 Å². The lowest BCUT2D eigenvalue weighted by Gasteiger charge is -2.25. The van der Waals surface area contributed by atoms with E-state index in [4.69, 9.17) is 9.47 Å². The lowest BCUT2D eigenvalue weighted by Crippen LogP contribution is -2.32. The van der Waals surface area contributed by atoms with Gasteiger partial charge in [0.05, 0.1) is 5.60 Å². The Hall–Kier alpha value is -1.09. The van der Waals surface area contributed by atoms with Crippen LogP contribution in [0.1, 0.15) is 40.0 Å². The Labute approximate surface area is 114 Å². The second kappa shape index (κ2) is 4.20. The van der Waals surface area contributed by atoms with Crippen molar-refractivity contribution in [2.45, 2.75) is 57.8 Å². The molecule has 3 rings (SSSR count). The number of allylic oxidation sites excluding steroid dienone is 2. The van der Waals surface area contributed by atoms with E-state index in [9.17, 15) is 4.79 Å². The van der Waals surface area contributed by atoms with Crippen LogP contribution < -0.4 is 0 Å². The van der Waals surface area contributed by atoms with E-state index in [0.717, 1.165) is 19.3 Å². The van der Waals surface area contributed by atoms with Crippen molar-refractivity contribution in [1.29, 1.82) is 0 Å². The minimum Gasteiger partial charge on any atom is -0.455 e. The van der Waals surface area contributed by atoms with Crippen LogP contribution in [0.3, 0.4) is 0 Å². The molecule has 2 fully saturated rings. The molecule has 104 valence electrons. The fourth-order valence-electron chi connectivity index (χ4n) is 3.72. The van der Waals surface area contributed by atoms with Crippen molar-refractivity contribution in [2.75, 3.05) is 0 Å². The lowest BCUT2D eigenvalue weighted by atomic mass is 9.78. The maximum absolute atomic E-state index is 11.8. The van der Waals surface area contributed by atoms with Crippen molar-refractivity contribution >= 4 is 5.97 Å². The lowest BCUT2D eigenvalue weighted by molar-refractivity contribution is -0.140. The van der Waals surface area contributed by atoms with E-state index in [1.165, 1.54) is 5.57 Å². The van der Waals surface area contributed by atoms with Gasteiger partial charge < -0.3 is 9.47 Å². The van der Waals surface area contributed by atoms with Gasteiger partial charge in [0.25, 0.3) is 0 Å². The Kier molecular flexibility index (Phi) is 2.86. The highest BCUT2D eigenvalue weighted by Gasteiger charge is 2.62. The first-order valence-electron chi connectivity index (χ1n) is 7.15. The zero-order chi connectivity index (χ0) is 13.8. The maximum Gasteiger partial charge on any atom is 0.334 e. The van der Waals surface area contributed by atoms with Gasteiger partial charge in [0, 0.05) is 11.5 Å². The van der Waals surface area contributed by atoms with Crippen LogP contribution in [0.2, 0.25) is 0 Å². The van der Waals surface area contributed by atoms with Crippen LogP contribution in [-0.2, 0) is 14.3 Å². The van der Waals surface area contributed by atoms with Crippen molar-refractivity contribution in [3.05, 3.63) is 23.8 Å². The monoisotopic (exact) mass is 262 g/mol. The predicted octanol–water partition coefficient (Wildman–Crippen LogP) is 3.01. The summed E-state index contributed by atoms with van der Waals surface area (Å²) in [6.07, 6.45) is 5.26. The van der Waals surface area contributed by atoms with Crippen molar-refractivity contribution in [3.8, 4) is 0 Å². The quantitative estimate of drug-likeness (QED) is 0.291. The number of carbonyl (C=O) groups excluding carboxylic acids is 1. The van der Waals surface area contributed by atoms with Gasteiger partial charge in [-0.1, -0.05) is 25.2 Å². The van der Waals surface area contributed by atoms with E-state index in [0.29, 0.717) is 11.5 Å². The Balaban J connectivity index is 1.93. The number of carbonyl (C=O) groups is 1. The van der Waals surface area contributed by atoms with Crippen LogP contribution in [0, 0.1) is 11.8 Å². The second-order valence-corrected chi connectivity index (χ2v) is 6.54. The molecule has 0 radical (unpaired) electrons. The molecule has 1 aliphatic carbocycles. The summed E-state index contributed by atoms with van der Waals surface area (Å²) < 4.78 is 11.4. The molecular weight excluding hydrogens is 240 g/mol. The van der Waals surface area contributed by atoms with Crippen molar-refractivity contribution in [1.82, 2.24) is 0 Å². The molecule has 19 heavy (non-hydrogen) atoms. The normalized spacial score (nSPS) is 48.7. The summed E-state index contributed by atoms with van der Waals surface area (Å²) in [5, 5.41) is 0. The fraction of sp³-hybridized carbons (Fsp3) is 0.688. The Morgan fingerprint density at radius 2 is 2.21 bits per heavy atom. The number of epoxide rings is 1. The molecule has 0 spiro atoms. The molecule has 5 atom stereocenters. The zero-order valence-corrected chi connectivity index (χ0v) is 11.9. The molecule has 3 nitrogen and oxygen atoms in total. The topological polar surface area (TPSA) is 38.8 Å². The van der Waals surface area contributed by atoms with Crippen LogP contribution in [0.4, 0.5) is 0 Å². The molecule has 2 aliphatic heterocycles. The number of hydrogen-bond donors (Lipinski definition) is 0. The van der Waals surface area contributed by atoms with Gasteiger partial charge >= 0.3 is 5.97 Å². The van der Waals surface area contributed by atoms with E-state index in [-0.39, 0.29) is 29.7 Å². The van der Waals surface area contributed by atoms with Gasteiger partial charge in [0.1, 0.15) is 12.2 Å². The Bertz CT molecular complexity index is 465. The molecular formula is C16H22O3. The third kappa shape index (κ3) is 2.04. The van der Waals surface area contributed by atoms with Gasteiger partial charge in [-0.25, -0.2) is 4.79 Å². The van der Waals surface area contributed by atoms with E-state index in [1.807, 2.05) is 0 Å². The number of hydrogen-bond acceptors (Lipinski definition) is 3. The molecule has 0 aromatic rings. The summed E-state index contributed by atoms with van der Waals surface area (Å²) in [4.78, 5) is 11.8. The summed E-state index contributed by atoms with van der Waals surface area (Å²) in [6.45, 7) is 10.4. The molecule has 0 bridgehead atoms. The van der Waals surface area contributed by atoms with Gasteiger partial charge in [0.2, 0.25) is 0 Å². The number of esters is 1. The number of ether oxygens (including phenoxy) is 2. The SMILES string of the molecule is C=C1C(=O)O[C@H]2[C@H]1[C@H](C)C/C(C)=C\CC[C@@]1(C)O[C@@H]21. The minimum atomic E-state index is -0.236. The highest BCUT2D eigenvalue weighted by atomic mass is 16.6. The van der Waals surface area contributed by atoms with Crippen molar-refractivity contribution in [3.63, 3.8) is 0 Å². The second-order valence-electron chi connectivity index (χ2n) is 6.54. The first-order valence-corrected chi connectivity index (χ1v) is 7.15. The van der Waals surface area contributed by atoms with Crippen molar-refractivity contribution in [2.24, 2.45) is 11.8 Å². The Morgan fingerprint density at radius 1 is 1.47 bits per heavy atom. The highest BCUT2D eigenvalue weighted by molar-refractivity contribution is 5.91. The van der Waals surface area contributed by atoms with E-state index >= 15 is 0 Å². The van der Waals surface area contributed by atoms with Gasteiger partial charge in [-0.3, -0.25) is 0 Å². The van der Waals surface area contributed by atoms with Gasteiger partial charge in [-0.05, 0) is 39.0 Å². The minimum absolute atomic E-state index is 0.0509. The van der Waals surface area contributed by atoms with E-state index < -0.39 is 0 Å². The highest BCUT2D eigenvalue weighted by Crippen LogP contribution is 2.50. The van der Waals surface area contributed by atoms with Gasteiger partial charge in [0.15, 0.2) is 0 Å². The molecule has 0 amide bonds. The molecule has 0 unspecified atom stereocenters. The van der Waals surface area contributed by atoms with Crippen molar-refractivity contribution < 1.29 is 14.3 Å². The molecule has 0 aromatic carbocycles. The summed E-state index contributed by atoms with van der Waals surface area (Å²) in [5.74, 6) is 0.230. The third-order valence-corrected chi connectivity index (χ3v) is 4.89. The van der Waals surface area contributed by atoms with Crippen LogP contribution in [0.5, 0.6) is 0 Å². The van der Waals surface area contributed by atoms with E-state index in [2.05, 4.69) is 33.4 Å². The average molecular weight is 262 g/mol. The number of fused-ring (bicyclic) bond motifs is 3. The Morgan fingerprint density at radius 3 is 2.95 bits per heavy atom. The maximum atomic E-state index is 11.8. The first kappa shape index (κ1) is 12.9. The summed E-state index contributed by atoms with van der Waals surface area (Å²) in [5.41, 5.74) is 1.89.